The number of carbonyl (C=O) groups excluding carboxylic acids is 1. The molecule has 27 heavy (non-hydrogen) atoms. The van der Waals surface area contributed by atoms with Crippen molar-refractivity contribution in [3.8, 4) is 0 Å². The van der Waals surface area contributed by atoms with E-state index in [2.05, 4.69) is 5.32 Å². The van der Waals surface area contributed by atoms with Crippen molar-refractivity contribution >= 4 is 28.3 Å². The van der Waals surface area contributed by atoms with Gasteiger partial charge in [0, 0.05) is 31.1 Å². The molecule has 1 saturated heterocycles. The molecule has 0 saturated carbocycles. The van der Waals surface area contributed by atoms with Crippen molar-refractivity contribution in [1.82, 2.24) is 9.62 Å². The highest BCUT2D eigenvalue weighted by Crippen LogP contribution is 2.28. The van der Waals surface area contributed by atoms with Gasteiger partial charge in [0.2, 0.25) is 15.9 Å². The Morgan fingerprint density at radius 3 is 2.48 bits per heavy atom. The van der Waals surface area contributed by atoms with Gasteiger partial charge in [0.1, 0.15) is 0 Å². The number of amides is 1. The van der Waals surface area contributed by atoms with E-state index >= 15 is 0 Å². The van der Waals surface area contributed by atoms with E-state index < -0.39 is 15.6 Å². The summed E-state index contributed by atoms with van der Waals surface area (Å²) in [7, 11) is -3.49. The van der Waals surface area contributed by atoms with Crippen LogP contribution in [0.15, 0.2) is 23.1 Å². The number of nitrogens with zero attached hydrogens (tertiary/aromatic N) is 1. The largest absolute Gasteiger partial charge is 0.350 e. The van der Waals surface area contributed by atoms with Gasteiger partial charge >= 0.3 is 0 Å². The van der Waals surface area contributed by atoms with Crippen LogP contribution < -0.4 is 11.1 Å². The van der Waals surface area contributed by atoms with Crippen LogP contribution in [0, 0.1) is 5.92 Å². The molecule has 1 fully saturated rings. The summed E-state index contributed by atoms with van der Waals surface area (Å²) < 4.78 is 27.4. The molecular formula is C19H30ClN3O3S. The lowest BCUT2D eigenvalue weighted by Crippen LogP contribution is -2.52. The normalized spacial score (nSPS) is 18.6. The number of benzene rings is 1. The van der Waals surface area contributed by atoms with Crippen molar-refractivity contribution < 1.29 is 13.2 Å². The highest BCUT2D eigenvalue weighted by atomic mass is 35.5. The molecule has 0 aromatic heterocycles. The van der Waals surface area contributed by atoms with Crippen LogP contribution in [0.3, 0.4) is 0 Å². The molecule has 3 N–H and O–H groups in total. The number of halogens is 1. The number of sulfonamides is 1. The highest BCUT2D eigenvalue weighted by Gasteiger charge is 2.33. The van der Waals surface area contributed by atoms with Crippen molar-refractivity contribution in [1.29, 1.82) is 0 Å². The van der Waals surface area contributed by atoms with Crippen molar-refractivity contribution in [2.45, 2.75) is 56.4 Å². The molecule has 1 aromatic rings. The third-order valence-corrected chi connectivity index (χ3v) is 7.40. The fourth-order valence-corrected chi connectivity index (χ4v) is 5.22. The van der Waals surface area contributed by atoms with E-state index in [9.17, 15) is 13.2 Å². The Kier molecular flexibility index (Phi) is 6.95. The quantitative estimate of drug-likeness (QED) is 0.767. The SMILES string of the molecule is CC(C)(CN)NC(=O)C1CCN(S(=O)(=O)c2ccc3c(c2)CCC3)CC1.Cl. The minimum absolute atomic E-state index is 0. The Morgan fingerprint density at radius 2 is 1.85 bits per heavy atom. The molecule has 3 rings (SSSR count). The number of rotatable bonds is 5. The average molecular weight is 416 g/mol. The predicted molar refractivity (Wildman–Crippen MR) is 108 cm³/mol. The first-order valence-corrected chi connectivity index (χ1v) is 10.8. The first kappa shape index (κ1) is 22.1. The van der Waals surface area contributed by atoms with Crippen LogP contribution in [0.1, 0.15) is 44.2 Å². The number of carbonyl (C=O) groups is 1. The Labute approximate surface area is 168 Å². The van der Waals surface area contributed by atoms with Crippen molar-refractivity contribution in [2.75, 3.05) is 19.6 Å². The highest BCUT2D eigenvalue weighted by molar-refractivity contribution is 7.89. The topological polar surface area (TPSA) is 92.5 Å². The predicted octanol–water partition coefficient (Wildman–Crippen LogP) is 1.85. The summed E-state index contributed by atoms with van der Waals surface area (Å²) in [5.41, 5.74) is 7.65. The van der Waals surface area contributed by atoms with Gasteiger partial charge in [0.15, 0.2) is 0 Å². The molecule has 1 heterocycles. The summed E-state index contributed by atoms with van der Waals surface area (Å²) in [6.45, 7) is 4.89. The Balaban J connectivity index is 0.00000261. The smallest absolute Gasteiger partial charge is 0.243 e. The van der Waals surface area contributed by atoms with Gasteiger partial charge in [-0.2, -0.15) is 4.31 Å². The van der Waals surface area contributed by atoms with E-state index in [1.165, 1.54) is 9.87 Å². The number of fused-ring (bicyclic) bond motifs is 1. The maximum absolute atomic E-state index is 12.9. The monoisotopic (exact) mass is 415 g/mol. The molecule has 2 aliphatic rings. The number of aryl methyl sites for hydroxylation is 2. The van der Waals surface area contributed by atoms with Crippen molar-refractivity contribution in [3.05, 3.63) is 29.3 Å². The van der Waals surface area contributed by atoms with Gasteiger partial charge in [-0.25, -0.2) is 8.42 Å². The Morgan fingerprint density at radius 1 is 1.22 bits per heavy atom. The molecule has 0 unspecified atom stereocenters. The van der Waals surface area contributed by atoms with Crippen LogP contribution in [-0.4, -0.2) is 43.8 Å². The van der Waals surface area contributed by atoms with Crippen LogP contribution in [0.4, 0.5) is 0 Å². The van der Waals surface area contributed by atoms with Crippen molar-refractivity contribution in [2.24, 2.45) is 11.7 Å². The number of nitrogens with two attached hydrogens (primary N) is 1. The first-order chi connectivity index (χ1) is 12.2. The molecule has 1 aliphatic carbocycles. The lowest BCUT2D eigenvalue weighted by molar-refractivity contribution is -0.127. The van der Waals surface area contributed by atoms with Gasteiger partial charge in [0.25, 0.3) is 0 Å². The van der Waals surface area contributed by atoms with E-state index in [0.29, 0.717) is 37.4 Å². The third-order valence-electron chi connectivity index (χ3n) is 5.50. The average Bonchev–Trinajstić information content (AvgIpc) is 3.09. The molecule has 1 amide bonds. The minimum atomic E-state index is -3.49. The summed E-state index contributed by atoms with van der Waals surface area (Å²) in [6.07, 6.45) is 4.17. The second kappa shape index (κ2) is 8.47. The first-order valence-electron chi connectivity index (χ1n) is 9.37. The van der Waals surface area contributed by atoms with Gasteiger partial charge in [-0.15, -0.1) is 12.4 Å². The Hall–Kier alpha value is -1.15. The van der Waals surface area contributed by atoms with Gasteiger partial charge < -0.3 is 11.1 Å². The van der Waals surface area contributed by atoms with E-state index in [-0.39, 0.29) is 24.2 Å². The lowest BCUT2D eigenvalue weighted by Gasteiger charge is -2.33. The van der Waals surface area contributed by atoms with Gasteiger partial charge in [-0.3, -0.25) is 4.79 Å². The molecule has 152 valence electrons. The fraction of sp³-hybridized carbons (Fsp3) is 0.632. The van der Waals surface area contributed by atoms with Crippen LogP contribution in [0.2, 0.25) is 0 Å². The molecule has 6 nitrogen and oxygen atoms in total. The van der Waals surface area contributed by atoms with E-state index in [1.807, 2.05) is 26.0 Å². The standard InChI is InChI=1S/C19H29N3O3S.ClH/c1-19(2,13-20)21-18(23)15-8-10-22(11-9-15)26(24,25)17-7-6-14-4-3-5-16(14)12-17;/h6-7,12,15H,3-5,8-11,13,20H2,1-2H3,(H,21,23);1H. The maximum atomic E-state index is 12.9. The number of hydrogen-bond donors (Lipinski definition) is 2. The van der Waals surface area contributed by atoms with Gasteiger partial charge in [0.05, 0.1) is 4.90 Å². The maximum Gasteiger partial charge on any atom is 0.243 e. The van der Waals surface area contributed by atoms with Gasteiger partial charge in [-0.1, -0.05) is 6.07 Å². The summed E-state index contributed by atoms with van der Waals surface area (Å²) in [4.78, 5) is 12.8. The van der Waals surface area contributed by atoms with Crippen LogP contribution in [0.25, 0.3) is 0 Å². The zero-order valence-electron chi connectivity index (χ0n) is 16.0. The molecule has 8 heteroatoms. The van der Waals surface area contributed by atoms with Crippen LogP contribution >= 0.6 is 12.4 Å². The second-order valence-corrected chi connectivity index (χ2v) is 9.98. The minimum Gasteiger partial charge on any atom is -0.350 e. The summed E-state index contributed by atoms with van der Waals surface area (Å²) in [6, 6.07) is 5.51. The molecule has 1 aromatic carbocycles. The molecule has 0 spiro atoms. The molecular weight excluding hydrogens is 386 g/mol. The summed E-state index contributed by atoms with van der Waals surface area (Å²) >= 11 is 0. The van der Waals surface area contributed by atoms with E-state index in [0.717, 1.165) is 24.8 Å². The number of nitrogens with one attached hydrogen (secondary N) is 1. The number of hydrogen-bond acceptors (Lipinski definition) is 4. The van der Waals surface area contributed by atoms with Crippen LogP contribution in [-0.2, 0) is 27.7 Å². The molecule has 0 radical (unpaired) electrons. The molecule has 0 bridgehead atoms. The van der Waals surface area contributed by atoms with E-state index in [1.54, 1.807) is 6.07 Å². The Bertz CT molecular complexity index is 787. The van der Waals surface area contributed by atoms with Crippen LogP contribution in [0.5, 0.6) is 0 Å². The van der Waals surface area contributed by atoms with Gasteiger partial charge in [-0.05, 0) is 69.2 Å². The molecule has 0 atom stereocenters. The lowest BCUT2D eigenvalue weighted by atomic mass is 9.95. The zero-order chi connectivity index (χ0) is 18.9. The summed E-state index contributed by atoms with van der Waals surface area (Å²) in [5, 5.41) is 2.96. The number of piperidine rings is 1. The molecule has 1 aliphatic heterocycles. The zero-order valence-corrected chi connectivity index (χ0v) is 17.7. The second-order valence-electron chi connectivity index (χ2n) is 8.04. The fourth-order valence-electron chi connectivity index (χ4n) is 3.70. The van der Waals surface area contributed by atoms with Crippen molar-refractivity contribution in [3.63, 3.8) is 0 Å². The summed E-state index contributed by atoms with van der Waals surface area (Å²) in [5.74, 6) is -0.192. The third kappa shape index (κ3) is 4.83. The van der Waals surface area contributed by atoms with E-state index in [4.69, 9.17) is 5.73 Å².